The molecule has 1 fully saturated rings. The molecule has 1 saturated heterocycles. The minimum atomic E-state index is -0.927. The van der Waals surface area contributed by atoms with Crippen LogP contribution in [0.5, 0.6) is 0 Å². The standard InChI is InChI=1S/C24H26ClN5O3/c25-21-11-10-20(22(26)31)23(28-21)27-18-6-8-19(9-7-18)29-12-14-30(15-13-29)24(32)33-16-17-4-2-1-3-5-17/h1-11,24,32H,12-16H2,(H2,26,31)(H,27,28). The van der Waals surface area contributed by atoms with E-state index in [1.165, 1.54) is 6.07 Å². The highest BCUT2D eigenvalue weighted by Crippen LogP contribution is 2.24. The number of amides is 1. The van der Waals surface area contributed by atoms with Gasteiger partial charge in [0.2, 0.25) is 6.41 Å². The van der Waals surface area contributed by atoms with E-state index in [0.717, 1.165) is 30.0 Å². The van der Waals surface area contributed by atoms with Crippen LogP contribution in [0.3, 0.4) is 0 Å². The van der Waals surface area contributed by atoms with Gasteiger partial charge in [-0.1, -0.05) is 41.9 Å². The minimum Gasteiger partial charge on any atom is -0.369 e. The van der Waals surface area contributed by atoms with E-state index in [0.29, 0.717) is 25.5 Å². The summed E-state index contributed by atoms with van der Waals surface area (Å²) >= 11 is 5.96. The van der Waals surface area contributed by atoms with Crippen LogP contribution < -0.4 is 16.0 Å². The Bertz CT molecular complexity index is 1070. The molecule has 0 bridgehead atoms. The van der Waals surface area contributed by atoms with Gasteiger partial charge in [-0.25, -0.2) is 4.98 Å². The number of carbonyl (C=O) groups excluding carboxylic acids is 1. The third-order valence-electron chi connectivity index (χ3n) is 5.49. The average molecular weight is 468 g/mol. The molecule has 3 aromatic rings. The first-order valence-electron chi connectivity index (χ1n) is 10.7. The minimum absolute atomic E-state index is 0.270. The molecule has 1 unspecified atom stereocenters. The number of aliphatic hydroxyl groups excluding tert-OH is 1. The highest BCUT2D eigenvalue weighted by molar-refractivity contribution is 6.29. The smallest absolute Gasteiger partial charge is 0.252 e. The lowest BCUT2D eigenvalue weighted by Gasteiger charge is -2.38. The average Bonchev–Trinajstić information content (AvgIpc) is 2.84. The van der Waals surface area contributed by atoms with Crippen molar-refractivity contribution in [2.24, 2.45) is 5.73 Å². The van der Waals surface area contributed by atoms with E-state index in [9.17, 15) is 9.90 Å². The van der Waals surface area contributed by atoms with E-state index in [-0.39, 0.29) is 10.7 Å². The predicted molar refractivity (Wildman–Crippen MR) is 129 cm³/mol. The number of aromatic nitrogens is 1. The molecule has 1 aromatic heterocycles. The number of piperazine rings is 1. The SMILES string of the molecule is NC(=O)c1ccc(Cl)nc1Nc1ccc(N2CCN(C(O)OCc3ccccc3)CC2)cc1. The van der Waals surface area contributed by atoms with Crippen molar-refractivity contribution < 1.29 is 14.6 Å². The van der Waals surface area contributed by atoms with Gasteiger partial charge >= 0.3 is 0 Å². The molecule has 0 aliphatic carbocycles. The predicted octanol–water partition coefficient (Wildman–Crippen LogP) is 3.19. The Morgan fingerprint density at radius 3 is 2.42 bits per heavy atom. The van der Waals surface area contributed by atoms with Gasteiger partial charge in [0.25, 0.3) is 5.91 Å². The van der Waals surface area contributed by atoms with Gasteiger partial charge in [0.05, 0.1) is 12.2 Å². The third-order valence-corrected chi connectivity index (χ3v) is 5.70. The van der Waals surface area contributed by atoms with E-state index < -0.39 is 12.3 Å². The zero-order valence-corrected chi connectivity index (χ0v) is 18.8. The Labute approximate surface area is 197 Å². The van der Waals surface area contributed by atoms with Crippen molar-refractivity contribution in [1.82, 2.24) is 9.88 Å². The lowest BCUT2D eigenvalue weighted by molar-refractivity contribution is -0.200. The molecule has 9 heteroatoms. The van der Waals surface area contributed by atoms with Crippen molar-refractivity contribution in [2.45, 2.75) is 13.0 Å². The number of benzene rings is 2. The number of hydrogen-bond donors (Lipinski definition) is 3. The topological polar surface area (TPSA) is 104 Å². The van der Waals surface area contributed by atoms with Crippen molar-refractivity contribution in [2.75, 3.05) is 36.4 Å². The monoisotopic (exact) mass is 467 g/mol. The lowest BCUT2D eigenvalue weighted by Crippen LogP contribution is -2.51. The largest absolute Gasteiger partial charge is 0.369 e. The molecule has 4 rings (SSSR count). The number of ether oxygens (including phenoxy) is 1. The van der Waals surface area contributed by atoms with E-state index in [1.807, 2.05) is 59.5 Å². The van der Waals surface area contributed by atoms with Gasteiger partial charge in [-0.2, -0.15) is 0 Å². The van der Waals surface area contributed by atoms with Crippen LogP contribution >= 0.6 is 11.6 Å². The molecular weight excluding hydrogens is 442 g/mol. The van der Waals surface area contributed by atoms with Crippen LogP contribution in [0.2, 0.25) is 5.15 Å². The number of aliphatic hydroxyl groups is 1. The Morgan fingerprint density at radius 1 is 1.06 bits per heavy atom. The molecule has 33 heavy (non-hydrogen) atoms. The fraction of sp³-hybridized carbons (Fsp3) is 0.250. The van der Waals surface area contributed by atoms with Crippen LogP contribution in [0.1, 0.15) is 15.9 Å². The summed E-state index contributed by atoms with van der Waals surface area (Å²) in [6, 6.07) is 20.7. The van der Waals surface area contributed by atoms with Gasteiger partial charge < -0.3 is 25.8 Å². The van der Waals surface area contributed by atoms with Crippen LogP contribution in [0.15, 0.2) is 66.7 Å². The van der Waals surface area contributed by atoms with Crippen molar-refractivity contribution in [3.63, 3.8) is 0 Å². The van der Waals surface area contributed by atoms with Gasteiger partial charge in [-0.05, 0) is 42.0 Å². The summed E-state index contributed by atoms with van der Waals surface area (Å²) in [5.74, 6) is -0.257. The van der Waals surface area contributed by atoms with E-state index in [2.05, 4.69) is 15.2 Å². The van der Waals surface area contributed by atoms with Gasteiger partial charge in [-0.3, -0.25) is 9.69 Å². The first kappa shape index (κ1) is 23.0. The van der Waals surface area contributed by atoms with E-state index in [1.54, 1.807) is 6.07 Å². The number of nitrogens with zero attached hydrogens (tertiary/aromatic N) is 3. The van der Waals surface area contributed by atoms with Crippen molar-refractivity contribution in [3.05, 3.63) is 83.0 Å². The number of anilines is 3. The van der Waals surface area contributed by atoms with Crippen LogP contribution in [0.25, 0.3) is 0 Å². The molecular formula is C24H26ClN5O3. The molecule has 8 nitrogen and oxygen atoms in total. The molecule has 1 amide bonds. The van der Waals surface area contributed by atoms with Crippen LogP contribution in [0.4, 0.5) is 17.2 Å². The number of carbonyl (C=O) groups is 1. The van der Waals surface area contributed by atoms with Gasteiger partial charge in [-0.15, -0.1) is 0 Å². The fourth-order valence-corrected chi connectivity index (χ4v) is 3.82. The summed E-state index contributed by atoms with van der Waals surface area (Å²) in [5, 5.41) is 13.8. The number of primary amides is 1. The van der Waals surface area contributed by atoms with Gasteiger partial charge in [0, 0.05) is 37.6 Å². The van der Waals surface area contributed by atoms with Crippen molar-refractivity contribution in [3.8, 4) is 0 Å². The molecule has 1 aliphatic heterocycles. The summed E-state index contributed by atoms with van der Waals surface area (Å²) in [4.78, 5) is 20.0. The summed E-state index contributed by atoms with van der Waals surface area (Å²) in [6.07, 6.45) is -0.927. The quantitative estimate of drug-likeness (QED) is 0.345. The highest BCUT2D eigenvalue weighted by atomic mass is 35.5. The molecule has 0 saturated carbocycles. The fourth-order valence-electron chi connectivity index (χ4n) is 3.67. The Kier molecular flexibility index (Phi) is 7.41. The van der Waals surface area contributed by atoms with Gasteiger partial charge in [0.1, 0.15) is 11.0 Å². The number of rotatable bonds is 8. The maximum Gasteiger partial charge on any atom is 0.252 e. The summed E-state index contributed by atoms with van der Waals surface area (Å²) in [6.45, 7) is 3.27. The molecule has 172 valence electrons. The molecule has 0 radical (unpaired) electrons. The maximum atomic E-state index is 11.6. The number of halogens is 1. The number of hydrogen-bond acceptors (Lipinski definition) is 7. The molecule has 1 aliphatic rings. The second-order valence-electron chi connectivity index (χ2n) is 7.71. The molecule has 4 N–H and O–H groups in total. The Morgan fingerprint density at radius 2 is 1.76 bits per heavy atom. The lowest BCUT2D eigenvalue weighted by atomic mass is 10.2. The van der Waals surface area contributed by atoms with Crippen LogP contribution in [0, 0.1) is 0 Å². The second kappa shape index (κ2) is 10.6. The second-order valence-corrected chi connectivity index (χ2v) is 8.10. The van der Waals surface area contributed by atoms with E-state index in [4.69, 9.17) is 22.1 Å². The zero-order chi connectivity index (χ0) is 23.2. The van der Waals surface area contributed by atoms with Crippen molar-refractivity contribution in [1.29, 1.82) is 0 Å². The summed E-state index contributed by atoms with van der Waals surface area (Å²) in [5.41, 5.74) is 8.55. The molecule has 2 aromatic carbocycles. The Hall–Kier alpha value is -3.17. The van der Waals surface area contributed by atoms with E-state index >= 15 is 0 Å². The first-order chi connectivity index (χ1) is 16.0. The van der Waals surface area contributed by atoms with Crippen LogP contribution in [-0.4, -0.2) is 53.5 Å². The summed E-state index contributed by atoms with van der Waals surface area (Å²) < 4.78 is 5.62. The number of nitrogens with two attached hydrogens (primary N) is 1. The van der Waals surface area contributed by atoms with Crippen molar-refractivity contribution >= 4 is 34.7 Å². The molecule has 2 heterocycles. The van der Waals surface area contributed by atoms with Gasteiger partial charge in [0.15, 0.2) is 0 Å². The summed E-state index contributed by atoms with van der Waals surface area (Å²) in [7, 11) is 0. The molecule has 1 atom stereocenters. The third kappa shape index (κ3) is 6.00. The molecule has 0 spiro atoms. The first-order valence-corrected chi connectivity index (χ1v) is 11.0. The zero-order valence-electron chi connectivity index (χ0n) is 18.0. The number of pyridine rings is 1. The highest BCUT2D eigenvalue weighted by Gasteiger charge is 2.23. The Balaban J connectivity index is 1.31. The maximum absolute atomic E-state index is 11.6. The number of nitrogens with one attached hydrogen (secondary N) is 1. The van der Waals surface area contributed by atoms with Crippen LogP contribution in [-0.2, 0) is 11.3 Å². The normalized spacial score (nSPS) is 15.3.